The van der Waals surface area contributed by atoms with Crippen molar-refractivity contribution in [2.24, 2.45) is 0 Å². The molecule has 9 heteroatoms. The minimum atomic E-state index is -3.51. The predicted octanol–water partition coefficient (Wildman–Crippen LogP) is 3.53. The molecule has 0 saturated heterocycles. The topological polar surface area (TPSA) is 75.7 Å². The molecule has 0 spiro atoms. The van der Waals surface area contributed by atoms with Gasteiger partial charge in [0.05, 0.1) is 18.5 Å². The van der Waals surface area contributed by atoms with Gasteiger partial charge in [-0.1, -0.05) is 17.7 Å². The molecule has 0 heterocycles. The van der Waals surface area contributed by atoms with E-state index in [0.717, 1.165) is 6.26 Å². The van der Waals surface area contributed by atoms with E-state index in [4.69, 9.17) is 16.3 Å². The number of carbonyl (C=O) groups is 1. The predicted molar refractivity (Wildman–Crippen MR) is 113 cm³/mol. The van der Waals surface area contributed by atoms with Crippen molar-refractivity contribution in [3.63, 3.8) is 0 Å². The van der Waals surface area contributed by atoms with Gasteiger partial charge < -0.3 is 10.1 Å². The summed E-state index contributed by atoms with van der Waals surface area (Å²) >= 11 is 6.10. The van der Waals surface area contributed by atoms with Crippen molar-refractivity contribution in [3.05, 3.63) is 58.9 Å². The highest BCUT2D eigenvalue weighted by Gasteiger charge is 2.20. The van der Waals surface area contributed by atoms with Crippen molar-refractivity contribution in [2.75, 3.05) is 30.3 Å². The fourth-order valence-corrected chi connectivity index (χ4v) is 3.88. The first-order valence-corrected chi connectivity index (χ1v) is 11.3. The summed E-state index contributed by atoms with van der Waals surface area (Å²) in [6.45, 7) is 2.46. The van der Waals surface area contributed by atoms with Crippen LogP contribution in [0.4, 0.5) is 10.1 Å². The summed E-state index contributed by atoms with van der Waals surface area (Å²) in [6.07, 6.45) is 1.64. The molecule has 1 amide bonds. The smallest absolute Gasteiger partial charge is 0.232 e. The fourth-order valence-electron chi connectivity index (χ4n) is 2.69. The molecule has 29 heavy (non-hydrogen) atoms. The Hall–Kier alpha value is -2.32. The number of carbonyl (C=O) groups excluding carboxylic acids is 1. The van der Waals surface area contributed by atoms with E-state index in [1.54, 1.807) is 25.1 Å². The Balaban J connectivity index is 1.79. The standard InChI is InChI=1S/C20H24ClFN2O4S/c1-15-18(21)5-3-6-19(15)24(29(2,26)27)13-4-7-20(25)23-12-14-28-17-10-8-16(22)9-11-17/h3,5-6,8-11H,4,7,12-14H2,1-2H3,(H,23,25). The second-order valence-electron chi connectivity index (χ2n) is 6.47. The second-order valence-corrected chi connectivity index (χ2v) is 8.79. The lowest BCUT2D eigenvalue weighted by Crippen LogP contribution is -2.33. The van der Waals surface area contributed by atoms with Crippen LogP contribution in [0.15, 0.2) is 42.5 Å². The maximum absolute atomic E-state index is 12.8. The van der Waals surface area contributed by atoms with Crippen molar-refractivity contribution in [2.45, 2.75) is 19.8 Å². The van der Waals surface area contributed by atoms with Crippen molar-refractivity contribution in [1.82, 2.24) is 5.32 Å². The summed E-state index contributed by atoms with van der Waals surface area (Å²) in [7, 11) is -3.51. The number of hydrogen-bond donors (Lipinski definition) is 1. The van der Waals surface area contributed by atoms with Gasteiger partial charge in [-0.25, -0.2) is 12.8 Å². The molecule has 0 radical (unpaired) electrons. The molecular formula is C20H24ClFN2O4S. The summed E-state index contributed by atoms with van der Waals surface area (Å²) in [6, 6.07) is 10.7. The average molecular weight is 443 g/mol. The highest BCUT2D eigenvalue weighted by molar-refractivity contribution is 7.92. The molecule has 0 aliphatic carbocycles. The first-order valence-electron chi connectivity index (χ1n) is 9.06. The van der Waals surface area contributed by atoms with Crippen LogP contribution in [0, 0.1) is 12.7 Å². The Morgan fingerprint density at radius 1 is 1.21 bits per heavy atom. The molecule has 0 aliphatic heterocycles. The maximum atomic E-state index is 12.8. The molecule has 2 aromatic rings. The lowest BCUT2D eigenvalue weighted by atomic mass is 10.2. The number of benzene rings is 2. The Morgan fingerprint density at radius 2 is 1.90 bits per heavy atom. The molecule has 0 fully saturated rings. The third-order valence-electron chi connectivity index (χ3n) is 4.18. The first-order chi connectivity index (χ1) is 13.7. The van der Waals surface area contributed by atoms with Crippen LogP contribution in [-0.4, -0.2) is 40.3 Å². The Morgan fingerprint density at radius 3 is 2.55 bits per heavy atom. The van der Waals surface area contributed by atoms with Crippen molar-refractivity contribution in [3.8, 4) is 5.75 Å². The van der Waals surface area contributed by atoms with Gasteiger partial charge in [0.15, 0.2) is 0 Å². The van der Waals surface area contributed by atoms with Gasteiger partial charge >= 0.3 is 0 Å². The molecular weight excluding hydrogens is 419 g/mol. The third kappa shape index (κ3) is 7.21. The third-order valence-corrected chi connectivity index (χ3v) is 5.77. The van der Waals surface area contributed by atoms with Gasteiger partial charge in [-0.15, -0.1) is 0 Å². The van der Waals surface area contributed by atoms with Crippen LogP contribution in [0.5, 0.6) is 5.75 Å². The minimum absolute atomic E-state index is 0.166. The zero-order chi connectivity index (χ0) is 21.4. The van der Waals surface area contributed by atoms with Crippen molar-refractivity contribution in [1.29, 1.82) is 0 Å². The van der Waals surface area contributed by atoms with E-state index in [1.807, 2.05) is 0 Å². The monoisotopic (exact) mass is 442 g/mol. The molecule has 2 aromatic carbocycles. The number of anilines is 1. The van der Waals surface area contributed by atoms with E-state index in [9.17, 15) is 17.6 Å². The summed E-state index contributed by atoms with van der Waals surface area (Å²) in [5, 5.41) is 3.19. The normalized spacial score (nSPS) is 11.2. The number of hydrogen-bond acceptors (Lipinski definition) is 4. The summed E-state index contributed by atoms with van der Waals surface area (Å²) in [5.41, 5.74) is 1.18. The number of sulfonamides is 1. The first kappa shape index (κ1) is 23.0. The van der Waals surface area contributed by atoms with Crippen LogP contribution in [0.3, 0.4) is 0 Å². The minimum Gasteiger partial charge on any atom is -0.492 e. The van der Waals surface area contributed by atoms with Crippen LogP contribution in [0.1, 0.15) is 18.4 Å². The Kier molecular flexibility index (Phi) is 8.28. The van der Waals surface area contributed by atoms with E-state index in [0.29, 0.717) is 35.0 Å². The van der Waals surface area contributed by atoms with Crippen LogP contribution in [0.2, 0.25) is 5.02 Å². The molecule has 6 nitrogen and oxygen atoms in total. The van der Waals surface area contributed by atoms with Gasteiger partial charge in [0.25, 0.3) is 0 Å². The van der Waals surface area contributed by atoms with Gasteiger partial charge in [0, 0.05) is 18.0 Å². The van der Waals surface area contributed by atoms with Crippen LogP contribution in [-0.2, 0) is 14.8 Å². The van der Waals surface area contributed by atoms with E-state index < -0.39 is 10.0 Å². The maximum Gasteiger partial charge on any atom is 0.232 e. The molecule has 0 atom stereocenters. The number of nitrogens with zero attached hydrogens (tertiary/aromatic N) is 1. The molecule has 1 N–H and O–H groups in total. The van der Waals surface area contributed by atoms with Crippen molar-refractivity contribution >= 4 is 33.2 Å². The summed E-state index contributed by atoms with van der Waals surface area (Å²) < 4.78 is 43.8. The molecule has 2 rings (SSSR count). The largest absolute Gasteiger partial charge is 0.492 e. The van der Waals surface area contributed by atoms with E-state index in [1.165, 1.54) is 28.6 Å². The lowest BCUT2D eigenvalue weighted by Gasteiger charge is -2.24. The van der Waals surface area contributed by atoms with E-state index >= 15 is 0 Å². The average Bonchev–Trinajstić information content (AvgIpc) is 2.65. The summed E-state index contributed by atoms with van der Waals surface area (Å²) in [4.78, 5) is 12.0. The quantitative estimate of drug-likeness (QED) is 0.571. The highest BCUT2D eigenvalue weighted by Crippen LogP contribution is 2.28. The Labute approximate surface area is 175 Å². The van der Waals surface area contributed by atoms with Crippen molar-refractivity contribution < 1.29 is 22.3 Å². The number of rotatable bonds is 10. The van der Waals surface area contributed by atoms with E-state index in [2.05, 4.69) is 5.32 Å². The van der Waals surface area contributed by atoms with Gasteiger partial charge in [-0.3, -0.25) is 9.10 Å². The molecule has 0 aromatic heterocycles. The van der Waals surface area contributed by atoms with E-state index in [-0.39, 0.29) is 31.3 Å². The second kappa shape index (κ2) is 10.5. The molecule has 0 unspecified atom stereocenters. The fraction of sp³-hybridized carbons (Fsp3) is 0.350. The molecule has 0 bridgehead atoms. The zero-order valence-corrected chi connectivity index (χ0v) is 17.9. The number of halogens is 2. The Bertz CT molecular complexity index is 936. The van der Waals surface area contributed by atoms with Gasteiger partial charge in [-0.05, 0) is 55.3 Å². The van der Waals surface area contributed by atoms with Crippen LogP contribution >= 0.6 is 11.6 Å². The number of amides is 1. The zero-order valence-electron chi connectivity index (χ0n) is 16.3. The molecule has 0 aliphatic rings. The molecule has 0 saturated carbocycles. The van der Waals surface area contributed by atoms with Gasteiger partial charge in [0.1, 0.15) is 18.2 Å². The molecule has 158 valence electrons. The van der Waals surface area contributed by atoms with Gasteiger partial charge in [-0.2, -0.15) is 0 Å². The highest BCUT2D eigenvalue weighted by atomic mass is 35.5. The van der Waals surface area contributed by atoms with Crippen LogP contribution < -0.4 is 14.4 Å². The number of nitrogens with one attached hydrogen (secondary N) is 1. The number of ether oxygens (including phenoxy) is 1. The van der Waals surface area contributed by atoms with Gasteiger partial charge in [0.2, 0.25) is 15.9 Å². The summed E-state index contributed by atoms with van der Waals surface area (Å²) in [5.74, 6) is -0.0351. The SMILES string of the molecule is Cc1c(Cl)cccc1N(CCCC(=O)NCCOc1ccc(F)cc1)S(C)(=O)=O. The van der Waals surface area contributed by atoms with Crippen LogP contribution in [0.25, 0.3) is 0 Å². The lowest BCUT2D eigenvalue weighted by molar-refractivity contribution is -0.121.